The quantitative estimate of drug-likeness (QED) is 0.591. The molecule has 0 aliphatic rings. The van der Waals surface area contributed by atoms with Crippen LogP contribution in [0, 0.1) is 6.92 Å². The maximum absolute atomic E-state index is 9.20. The summed E-state index contributed by atoms with van der Waals surface area (Å²) in [6, 6.07) is 0. The Morgan fingerprint density at radius 1 is 1.90 bits per heavy atom. The first-order valence-corrected chi connectivity index (χ1v) is 3.13. The van der Waals surface area contributed by atoms with Gasteiger partial charge in [0.2, 0.25) is 0 Å². The van der Waals surface area contributed by atoms with Crippen LogP contribution in [0.2, 0.25) is 0 Å². The summed E-state index contributed by atoms with van der Waals surface area (Å²) in [7, 11) is 0. The predicted octanol–water partition coefficient (Wildman–Crippen LogP) is -0.359. The van der Waals surface area contributed by atoms with E-state index in [4.69, 9.17) is 5.73 Å². The summed E-state index contributed by atoms with van der Waals surface area (Å²) in [5.74, 6) is 0.776. The summed E-state index contributed by atoms with van der Waals surface area (Å²) in [6.07, 6.45) is 2.70. The molecular formula is C6H11N3O. The van der Waals surface area contributed by atoms with Crippen molar-refractivity contribution in [1.82, 2.24) is 9.55 Å². The van der Waals surface area contributed by atoms with E-state index < -0.39 is 6.23 Å². The lowest BCUT2D eigenvalue weighted by Gasteiger charge is -2.09. The van der Waals surface area contributed by atoms with Crippen LogP contribution in [0.25, 0.3) is 0 Å². The topological polar surface area (TPSA) is 64.1 Å². The van der Waals surface area contributed by atoms with E-state index in [0.29, 0.717) is 0 Å². The van der Waals surface area contributed by atoms with Gasteiger partial charge in [0, 0.05) is 18.9 Å². The van der Waals surface area contributed by atoms with E-state index in [2.05, 4.69) is 4.98 Å². The Morgan fingerprint density at radius 3 is 3.00 bits per heavy atom. The molecule has 4 heteroatoms. The first-order valence-electron chi connectivity index (χ1n) is 3.13. The fraction of sp³-hybridized carbons (Fsp3) is 0.500. The van der Waals surface area contributed by atoms with Gasteiger partial charge in [-0.15, -0.1) is 0 Å². The monoisotopic (exact) mass is 141 g/mol. The third kappa shape index (κ3) is 1.17. The van der Waals surface area contributed by atoms with Gasteiger partial charge < -0.3 is 15.4 Å². The van der Waals surface area contributed by atoms with Crippen LogP contribution in [-0.4, -0.2) is 21.2 Å². The predicted molar refractivity (Wildman–Crippen MR) is 37.3 cm³/mol. The van der Waals surface area contributed by atoms with E-state index in [0.717, 1.165) is 5.82 Å². The molecular weight excluding hydrogens is 130 g/mol. The maximum Gasteiger partial charge on any atom is 0.144 e. The van der Waals surface area contributed by atoms with Gasteiger partial charge in [-0.2, -0.15) is 0 Å². The SMILES string of the molecule is Cc1nccn1C(O)CN. The van der Waals surface area contributed by atoms with Crippen molar-refractivity contribution >= 4 is 0 Å². The molecule has 0 aliphatic carbocycles. The number of aryl methyl sites for hydroxylation is 1. The highest BCUT2D eigenvalue weighted by atomic mass is 16.3. The van der Waals surface area contributed by atoms with Crippen molar-refractivity contribution in [2.75, 3.05) is 6.54 Å². The highest BCUT2D eigenvalue weighted by Crippen LogP contribution is 2.02. The van der Waals surface area contributed by atoms with Gasteiger partial charge in [0.25, 0.3) is 0 Å². The van der Waals surface area contributed by atoms with Gasteiger partial charge >= 0.3 is 0 Å². The van der Waals surface area contributed by atoms with Crippen molar-refractivity contribution in [3.8, 4) is 0 Å². The zero-order valence-corrected chi connectivity index (χ0v) is 5.86. The van der Waals surface area contributed by atoms with E-state index in [1.165, 1.54) is 0 Å². The number of aromatic nitrogens is 2. The number of nitrogens with zero attached hydrogens (tertiary/aromatic N) is 2. The Morgan fingerprint density at radius 2 is 2.60 bits per heavy atom. The second-order valence-corrected chi connectivity index (χ2v) is 2.10. The molecule has 4 nitrogen and oxygen atoms in total. The lowest BCUT2D eigenvalue weighted by molar-refractivity contribution is 0.111. The van der Waals surface area contributed by atoms with Crippen LogP contribution >= 0.6 is 0 Å². The van der Waals surface area contributed by atoms with E-state index >= 15 is 0 Å². The molecule has 1 unspecified atom stereocenters. The highest BCUT2D eigenvalue weighted by Gasteiger charge is 2.04. The van der Waals surface area contributed by atoms with Crippen molar-refractivity contribution in [3.63, 3.8) is 0 Å². The highest BCUT2D eigenvalue weighted by molar-refractivity contribution is 4.89. The van der Waals surface area contributed by atoms with Crippen LogP contribution in [0.5, 0.6) is 0 Å². The van der Waals surface area contributed by atoms with Crippen molar-refractivity contribution < 1.29 is 5.11 Å². The largest absolute Gasteiger partial charge is 0.372 e. The summed E-state index contributed by atoms with van der Waals surface area (Å²) in [6.45, 7) is 2.04. The molecule has 1 rings (SSSR count). The summed E-state index contributed by atoms with van der Waals surface area (Å²) in [4.78, 5) is 3.93. The first-order chi connectivity index (χ1) is 4.75. The maximum atomic E-state index is 9.20. The minimum Gasteiger partial charge on any atom is -0.372 e. The molecule has 1 atom stereocenters. The number of hydrogen-bond donors (Lipinski definition) is 2. The van der Waals surface area contributed by atoms with Crippen LogP contribution in [0.3, 0.4) is 0 Å². The number of rotatable bonds is 2. The third-order valence-electron chi connectivity index (χ3n) is 1.39. The minimum absolute atomic E-state index is 0.219. The molecule has 0 bridgehead atoms. The molecule has 56 valence electrons. The molecule has 3 N–H and O–H groups in total. The Bertz CT molecular complexity index is 209. The van der Waals surface area contributed by atoms with Crippen LogP contribution in [0.1, 0.15) is 12.1 Å². The summed E-state index contributed by atoms with van der Waals surface area (Å²) in [5, 5.41) is 9.20. The Kier molecular flexibility index (Phi) is 2.03. The molecule has 1 heterocycles. The number of nitrogens with two attached hydrogens (primary N) is 1. The van der Waals surface area contributed by atoms with Crippen LogP contribution < -0.4 is 5.73 Å². The Balaban J connectivity index is 2.82. The summed E-state index contributed by atoms with van der Waals surface area (Å²) in [5.41, 5.74) is 5.23. The Labute approximate surface area is 59.3 Å². The van der Waals surface area contributed by atoms with Crippen LogP contribution in [-0.2, 0) is 0 Å². The second kappa shape index (κ2) is 2.81. The average Bonchev–Trinajstić information content (AvgIpc) is 2.34. The fourth-order valence-electron chi connectivity index (χ4n) is 0.816. The average molecular weight is 141 g/mol. The van der Waals surface area contributed by atoms with E-state index in [9.17, 15) is 5.11 Å². The van der Waals surface area contributed by atoms with Gasteiger partial charge in [0.15, 0.2) is 0 Å². The third-order valence-corrected chi connectivity index (χ3v) is 1.39. The minimum atomic E-state index is -0.637. The lowest BCUT2D eigenvalue weighted by Crippen LogP contribution is -2.18. The van der Waals surface area contributed by atoms with Gasteiger partial charge in [0.05, 0.1) is 0 Å². The Hall–Kier alpha value is -0.870. The zero-order valence-electron chi connectivity index (χ0n) is 5.86. The van der Waals surface area contributed by atoms with Gasteiger partial charge in [-0.05, 0) is 6.92 Å². The van der Waals surface area contributed by atoms with E-state index in [1.54, 1.807) is 17.0 Å². The molecule has 0 spiro atoms. The molecule has 0 aromatic carbocycles. The molecule has 0 amide bonds. The lowest BCUT2D eigenvalue weighted by atomic mass is 10.5. The van der Waals surface area contributed by atoms with Crippen molar-refractivity contribution in [2.45, 2.75) is 13.2 Å². The van der Waals surface area contributed by atoms with Crippen molar-refractivity contribution in [3.05, 3.63) is 18.2 Å². The first kappa shape index (κ1) is 7.24. The van der Waals surface area contributed by atoms with Gasteiger partial charge in [-0.25, -0.2) is 4.98 Å². The van der Waals surface area contributed by atoms with Gasteiger partial charge in [-0.1, -0.05) is 0 Å². The molecule has 1 aromatic heterocycles. The van der Waals surface area contributed by atoms with Crippen LogP contribution in [0.4, 0.5) is 0 Å². The second-order valence-electron chi connectivity index (χ2n) is 2.10. The van der Waals surface area contributed by atoms with Gasteiger partial charge in [0.1, 0.15) is 12.1 Å². The normalized spacial score (nSPS) is 13.5. The molecule has 0 fully saturated rings. The number of aliphatic hydroxyl groups is 1. The molecule has 1 aromatic rings. The standard InChI is InChI=1S/C6H11N3O/c1-5-8-2-3-9(5)6(10)4-7/h2-3,6,10H,4,7H2,1H3. The van der Waals surface area contributed by atoms with E-state index in [-0.39, 0.29) is 6.54 Å². The molecule has 0 saturated heterocycles. The van der Waals surface area contributed by atoms with Crippen molar-refractivity contribution in [1.29, 1.82) is 0 Å². The number of imidazole rings is 1. The summed E-state index contributed by atoms with van der Waals surface area (Å²) >= 11 is 0. The van der Waals surface area contributed by atoms with Gasteiger partial charge in [-0.3, -0.25) is 0 Å². The number of aliphatic hydroxyl groups excluding tert-OH is 1. The molecule has 0 aliphatic heterocycles. The van der Waals surface area contributed by atoms with Crippen molar-refractivity contribution in [2.24, 2.45) is 5.73 Å². The van der Waals surface area contributed by atoms with E-state index in [1.807, 2.05) is 6.92 Å². The zero-order chi connectivity index (χ0) is 7.56. The van der Waals surface area contributed by atoms with Crippen LogP contribution in [0.15, 0.2) is 12.4 Å². The fourth-order valence-corrected chi connectivity index (χ4v) is 0.816. The number of hydrogen-bond acceptors (Lipinski definition) is 3. The molecule has 10 heavy (non-hydrogen) atoms. The summed E-state index contributed by atoms with van der Waals surface area (Å²) < 4.78 is 1.62. The molecule has 0 saturated carbocycles. The molecule has 0 radical (unpaired) electrons. The smallest absolute Gasteiger partial charge is 0.144 e.